The summed E-state index contributed by atoms with van der Waals surface area (Å²) in [6.45, 7) is 4.84. The Balaban J connectivity index is 1.44. The van der Waals surface area contributed by atoms with Gasteiger partial charge in [-0.05, 0) is 61.3 Å². The first-order chi connectivity index (χ1) is 12.3. The van der Waals surface area contributed by atoms with Gasteiger partial charge in [0.1, 0.15) is 11.3 Å². The minimum Gasteiger partial charge on any atom is -0.311 e. The Labute approximate surface area is 146 Å². The van der Waals surface area contributed by atoms with Gasteiger partial charge in [0.2, 0.25) is 0 Å². The van der Waals surface area contributed by atoms with E-state index in [1.165, 1.54) is 25.9 Å². The molecule has 1 saturated heterocycles. The highest BCUT2D eigenvalue weighted by atomic mass is 19.1. The second-order valence-corrected chi connectivity index (χ2v) is 6.58. The van der Waals surface area contributed by atoms with Crippen LogP contribution in [-0.2, 0) is 6.54 Å². The minimum atomic E-state index is -0.167. The van der Waals surface area contributed by atoms with Gasteiger partial charge < -0.3 is 10.2 Å². The van der Waals surface area contributed by atoms with E-state index in [4.69, 9.17) is 0 Å². The van der Waals surface area contributed by atoms with Crippen molar-refractivity contribution in [3.63, 3.8) is 0 Å². The van der Waals surface area contributed by atoms with Gasteiger partial charge in [0, 0.05) is 25.2 Å². The van der Waals surface area contributed by atoms with E-state index < -0.39 is 0 Å². The first-order valence-electron chi connectivity index (χ1n) is 8.82. The largest absolute Gasteiger partial charge is 0.311 e. The standard InChI is InChI=1S/C19H22FN5/c20-17-5-3-14(15-4-6-18-19(12-15)23-24-22-18)11-16(17)13-21-7-10-25-8-1-2-9-25/h3-6,11-12,21H,1-2,7-10,13H2,(H,22,23,24). The van der Waals surface area contributed by atoms with Gasteiger partial charge >= 0.3 is 0 Å². The van der Waals surface area contributed by atoms with E-state index in [0.29, 0.717) is 12.1 Å². The third kappa shape index (κ3) is 3.70. The van der Waals surface area contributed by atoms with Crippen LogP contribution in [0.5, 0.6) is 0 Å². The average Bonchev–Trinajstić information content (AvgIpc) is 3.31. The first-order valence-corrected chi connectivity index (χ1v) is 8.82. The lowest BCUT2D eigenvalue weighted by Gasteiger charge is -2.15. The average molecular weight is 339 g/mol. The van der Waals surface area contributed by atoms with Crippen molar-refractivity contribution in [2.45, 2.75) is 19.4 Å². The van der Waals surface area contributed by atoms with Crippen LogP contribution in [0.15, 0.2) is 36.4 Å². The number of nitrogens with one attached hydrogen (secondary N) is 2. The second-order valence-electron chi connectivity index (χ2n) is 6.58. The van der Waals surface area contributed by atoms with Crippen LogP contribution in [0.2, 0.25) is 0 Å². The molecule has 0 radical (unpaired) electrons. The molecule has 1 aliphatic heterocycles. The molecule has 0 bridgehead atoms. The number of rotatable bonds is 6. The van der Waals surface area contributed by atoms with Crippen molar-refractivity contribution >= 4 is 11.0 Å². The molecule has 0 aliphatic carbocycles. The zero-order valence-corrected chi connectivity index (χ0v) is 14.1. The number of hydrogen-bond acceptors (Lipinski definition) is 4. The van der Waals surface area contributed by atoms with Crippen LogP contribution in [0, 0.1) is 5.82 Å². The molecule has 1 aliphatic rings. The van der Waals surface area contributed by atoms with Crippen molar-refractivity contribution < 1.29 is 4.39 Å². The maximum Gasteiger partial charge on any atom is 0.127 e. The molecule has 5 nitrogen and oxygen atoms in total. The molecule has 2 heterocycles. The number of halogens is 1. The van der Waals surface area contributed by atoms with Crippen LogP contribution in [0.4, 0.5) is 4.39 Å². The predicted octanol–water partition coefficient (Wildman–Crippen LogP) is 2.95. The lowest BCUT2D eigenvalue weighted by atomic mass is 10.0. The Bertz CT molecular complexity index is 854. The summed E-state index contributed by atoms with van der Waals surface area (Å²) in [5.41, 5.74) is 4.41. The van der Waals surface area contributed by atoms with Gasteiger partial charge in [0.05, 0.1) is 5.52 Å². The summed E-state index contributed by atoms with van der Waals surface area (Å²) in [4.78, 5) is 2.45. The van der Waals surface area contributed by atoms with Crippen LogP contribution in [0.3, 0.4) is 0 Å². The third-order valence-corrected chi connectivity index (χ3v) is 4.82. The summed E-state index contributed by atoms with van der Waals surface area (Å²) in [6.07, 6.45) is 2.60. The van der Waals surface area contributed by atoms with Crippen molar-refractivity contribution in [3.05, 3.63) is 47.8 Å². The zero-order valence-electron chi connectivity index (χ0n) is 14.1. The van der Waals surface area contributed by atoms with Crippen molar-refractivity contribution in [2.24, 2.45) is 0 Å². The molecule has 3 aromatic rings. The molecule has 2 N–H and O–H groups in total. The lowest BCUT2D eigenvalue weighted by molar-refractivity contribution is 0.335. The highest BCUT2D eigenvalue weighted by Gasteiger charge is 2.11. The van der Waals surface area contributed by atoms with E-state index in [0.717, 1.165) is 35.2 Å². The van der Waals surface area contributed by atoms with Crippen LogP contribution in [0.25, 0.3) is 22.2 Å². The Morgan fingerprint density at radius 2 is 1.88 bits per heavy atom. The number of nitrogens with zero attached hydrogens (tertiary/aromatic N) is 3. The molecule has 0 saturated carbocycles. The molecular formula is C19H22FN5. The number of H-pyrrole nitrogens is 1. The van der Waals surface area contributed by atoms with Gasteiger partial charge in [0.15, 0.2) is 0 Å². The van der Waals surface area contributed by atoms with Crippen LogP contribution in [-0.4, -0.2) is 46.5 Å². The van der Waals surface area contributed by atoms with Gasteiger partial charge in [-0.25, -0.2) is 4.39 Å². The summed E-state index contributed by atoms with van der Waals surface area (Å²) >= 11 is 0. The maximum atomic E-state index is 14.1. The number of benzene rings is 2. The number of aromatic nitrogens is 3. The molecule has 0 atom stereocenters. The van der Waals surface area contributed by atoms with Gasteiger partial charge in [-0.2, -0.15) is 0 Å². The normalized spacial score (nSPS) is 15.2. The van der Waals surface area contributed by atoms with Crippen molar-refractivity contribution in [1.29, 1.82) is 0 Å². The summed E-state index contributed by atoms with van der Waals surface area (Å²) in [5.74, 6) is -0.167. The number of hydrogen-bond donors (Lipinski definition) is 2. The van der Waals surface area contributed by atoms with Gasteiger partial charge in [-0.3, -0.25) is 5.10 Å². The van der Waals surface area contributed by atoms with Crippen LogP contribution < -0.4 is 5.32 Å². The summed E-state index contributed by atoms with van der Waals surface area (Å²) < 4.78 is 14.1. The zero-order chi connectivity index (χ0) is 17.1. The number of aromatic amines is 1. The monoisotopic (exact) mass is 339 g/mol. The lowest BCUT2D eigenvalue weighted by Crippen LogP contribution is -2.29. The summed E-state index contributed by atoms with van der Waals surface area (Å²) in [6, 6.07) is 11.2. The minimum absolute atomic E-state index is 0.167. The van der Waals surface area contributed by atoms with E-state index in [9.17, 15) is 4.39 Å². The summed E-state index contributed by atoms with van der Waals surface area (Å²) in [5, 5.41) is 14.1. The quantitative estimate of drug-likeness (QED) is 0.678. The smallest absolute Gasteiger partial charge is 0.127 e. The van der Waals surface area contributed by atoms with E-state index in [2.05, 4.69) is 25.6 Å². The predicted molar refractivity (Wildman–Crippen MR) is 96.7 cm³/mol. The third-order valence-electron chi connectivity index (χ3n) is 4.82. The fraction of sp³-hybridized carbons (Fsp3) is 0.368. The Morgan fingerprint density at radius 3 is 2.76 bits per heavy atom. The van der Waals surface area contributed by atoms with E-state index in [1.54, 1.807) is 6.07 Å². The SMILES string of the molecule is Fc1ccc(-c2ccc3[nH]nnc3c2)cc1CNCCN1CCCC1. The molecule has 0 spiro atoms. The van der Waals surface area contributed by atoms with E-state index in [1.807, 2.05) is 30.3 Å². The molecule has 25 heavy (non-hydrogen) atoms. The molecule has 2 aromatic carbocycles. The Hall–Kier alpha value is -2.31. The van der Waals surface area contributed by atoms with Gasteiger partial charge in [-0.1, -0.05) is 17.3 Å². The highest BCUT2D eigenvalue weighted by molar-refractivity contribution is 5.81. The summed E-state index contributed by atoms with van der Waals surface area (Å²) in [7, 11) is 0. The molecule has 6 heteroatoms. The number of fused-ring (bicyclic) bond motifs is 1. The first kappa shape index (κ1) is 16.2. The van der Waals surface area contributed by atoms with Crippen molar-refractivity contribution in [1.82, 2.24) is 25.6 Å². The molecule has 130 valence electrons. The molecule has 0 unspecified atom stereocenters. The van der Waals surface area contributed by atoms with Gasteiger partial charge in [0.25, 0.3) is 0 Å². The topological polar surface area (TPSA) is 56.8 Å². The fourth-order valence-corrected chi connectivity index (χ4v) is 3.38. The highest BCUT2D eigenvalue weighted by Crippen LogP contribution is 2.24. The molecule has 1 fully saturated rings. The molecule has 0 amide bonds. The Kier molecular flexibility index (Phi) is 4.72. The second kappa shape index (κ2) is 7.29. The number of likely N-dealkylation sites (tertiary alicyclic amines) is 1. The fourth-order valence-electron chi connectivity index (χ4n) is 3.38. The molecule has 4 rings (SSSR count). The van der Waals surface area contributed by atoms with Crippen molar-refractivity contribution in [2.75, 3.05) is 26.2 Å². The van der Waals surface area contributed by atoms with Crippen LogP contribution >= 0.6 is 0 Å². The molecule has 1 aromatic heterocycles. The van der Waals surface area contributed by atoms with Gasteiger partial charge in [-0.15, -0.1) is 5.10 Å². The van der Waals surface area contributed by atoms with E-state index >= 15 is 0 Å². The maximum absolute atomic E-state index is 14.1. The van der Waals surface area contributed by atoms with E-state index in [-0.39, 0.29) is 5.82 Å². The van der Waals surface area contributed by atoms with Crippen molar-refractivity contribution in [3.8, 4) is 11.1 Å². The van der Waals surface area contributed by atoms with Crippen LogP contribution in [0.1, 0.15) is 18.4 Å². The molecular weight excluding hydrogens is 317 g/mol. The Morgan fingerprint density at radius 1 is 1.08 bits per heavy atom.